The first-order valence-corrected chi connectivity index (χ1v) is 8.90. The van der Waals surface area contributed by atoms with E-state index in [-0.39, 0.29) is 39.6 Å². The second-order valence-electron chi connectivity index (χ2n) is 5.11. The van der Waals surface area contributed by atoms with Gasteiger partial charge in [-0.05, 0) is 54.4 Å². The summed E-state index contributed by atoms with van der Waals surface area (Å²) in [7, 11) is -2.48. The van der Waals surface area contributed by atoms with Crippen molar-refractivity contribution < 1.29 is 17.5 Å². The Kier molecular flexibility index (Phi) is 7.07. The highest BCUT2D eigenvalue weighted by Gasteiger charge is 2.27. The highest BCUT2D eigenvalue weighted by atomic mass is 79.9. The average Bonchev–Trinajstić information content (AvgIpc) is 2.40. The summed E-state index contributed by atoms with van der Waals surface area (Å²) in [4.78, 5) is -0.183. The van der Waals surface area contributed by atoms with E-state index in [9.17, 15) is 12.8 Å². The summed E-state index contributed by atoms with van der Waals surface area (Å²) in [5.41, 5.74) is 0. The number of hydrogen-bond acceptors (Lipinski definition) is 4. The van der Waals surface area contributed by atoms with E-state index in [2.05, 4.69) is 26.0 Å². The van der Waals surface area contributed by atoms with E-state index in [1.165, 1.54) is 13.2 Å². The van der Waals surface area contributed by atoms with Gasteiger partial charge in [-0.25, -0.2) is 17.5 Å². The van der Waals surface area contributed by atoms with Gasteiger partial charge in [0, 0.05) is 12.1 Å². The molecule has 5 nitrogen and oxygen atoms in total. The lowest BCUT2D eigenvalue weighted by molar-refractivity contribution is 0.360. The molecular weight excluding hydrogens is 399 g/mol. The maximum Gasteiger partial charge on any atom is 0.244 e. The first-order chi connectivity index (χ1) is 9.83. The van der Waals surface area contributed by atoms with Crippen molar-refractivity contribution in [2.75, 3.05) is 13.7 Å². The molecule has 1 saturated heterocycles. The molecule has 0 radical (unpaired) electrons. The van der Waals surface area contributed by atoms with Gasteiger partial charge in [0.25, 0.3) is 0 Å². The Bertz CT molecular complexity index is 630. The molecule has 1 fully saturated rings. The molecule has 1 aromatic rings. The summed E-state index contributed by atoms with van der Waals surface area (Å²) >= 11 is 3.02. The van der Waals surface area contributed by atoms with Gasteiger partial charge in [0.05, 0.1) is 11.6 Å². The monoisotopic (exact) mass is 416 g/mol. The van der Waals surface area contributed by atoms with E-state index in [1.807, 2.05) is 6.92 Å². The number of hydrogen-bond donors (Lipinski definition) is 2. The van der Waals surface area contributed by atoms with Crippen molar-refractivity contribution in [1.29, 1.82) is 0 Å². The molecule has 1 heterocycles. The number of sulfonamides is 1. The maximum absolute atomic E-state index is 13.7. The van der Waals surface area contributed by atoms with Crippen LogP contribution in [0.25, 0.3) is 0 Å². The SMILES string of the molecule is COc1cc(Br)c(F)cc1S(=O)(=O)NC1CCNC(C)C1.Cl. The van der Waals surface area contributed by atoms with Gasteiger partial charge in [0.2, 0.25) is 10.0 Å². The van der Waals surface area contributed by atoms with E-state index in [1.54, 1.807) is 0 Å². The van der Waals surface area contributed by atoms with Gasteiger partial charge < -0.3 is 10.1 Å². The fraction of sp³-hybridized carbons (Fsp3) is 0.538. The van der Waals surface area contributed by atoms with Crippen molar-refractivity contribution in [3.63, 3.8) is 0 Å². The summed E-state index contributed by atoms with van der Waals surface area (Å²) in [5.74, 6) is -0.535. The number of ether oxygens (including phenoxy) is 1. The highest BCUT2D eigenvalue weighted by molar-refractivity contribution is 9.10. The van der Waals surface area contributed by atoms with Crippen molar-refractivity contribution in [1.82, 2.24) is 10.0 Å². The quantitative estimate of drug-likeness (QED) is 0.790. The summed E-state index contributed by atoms with van der Waals surface area (Å²) in [6, 6.07) is 2.36. The number of halogens is 3. The van der Waals surface area contributed by atoms with E-state index >= 15 is 0 Å². The van der Waals surface area contributed by atoms with Crippen molar-refractivity contribution in [3.8, 4) is 5.75 Å². The van der Waals surface area contributed by atoms with Gasteiger partial charge in [-0.1, -0.05) is 0 Å². The Balaban J connectivity index is 0.00000242. The predicted octanol–water partition coefficient (Wildman–Crippen LogP) is 2.44. The molecule has 2 unspecified atom stereocenters. The first-order valence-electron chi connectivity index (χ1n) is 6.62. The van der Waals surface area contributed by atoms with Crippen LogP contribution >= 0.6 is 28.3 Å². The Labute approximate surface area is 144 Å². The third-order valence-corrected chi connectivity index (χ3v) is 5.59. The summed E-state index contributed by atoms with van der Waals surface area (Å²) in [6.07, 6.45) is 1.39. The van der Waals surface area contributed by atoms with Crippen LogP contribution in [0.2, 0.25) is 0 Å². The fourth-order valence-electron chi connectivity index (χ4n) is 2.40. The summed E-state index contributed by atoms with van der Waals surface area (Å²) in [5, 5.41) is 3.25. The van der Waals surface area contributed by atoms with Crippen molar-refractivity contribution >= 4 is 38.4 Å². The zero-order chi connectivity index (χ0) is 15.6. The number of piperidine rings is 1. The number of benzene rings is 1. The number of rotatable bonds is 4. The molecule has 1 aromatic carbocycles. The molecule has 2 N–H and O–H groups in total. The van der Waals surface area contributed by atoms with Crippen LogP contribution in [-0.2, 0) is 10.0 Å². The fourth-order valence-corrected chi connectivity index (χ4v) is 4.17. The number of methoxy groups -OCH3 is 1. The van der Waals surface area contributed by atoms with Gasteiger partial charge in [0.1, 0.15) is 16.5 Å². The van der Waals surface area contributed by atoms with Crippen molar-refractivity contribution in [2.24, 2.45) is 0 Å². The minimum Gasteiger partial charge on any atom is -0.495 e. The Morgan fingerprint density at radius 1 is 1.45 bits per heavy atom. The first kappa shape index (κ1) is 19.6. The van der Waals surface area contributed by atoms with Crippen molar-refractivity contribution in [2.45, 2.75) is 36.7 Å². The van der Waals surface area contributed by atoms with Gasteiger partial charge in [-0.3, -0.25) is 0 Å². The second kappa shape index (κ2) is 7.92. The molecule has 1 aliphatic rings. The summed E-state index contributed by atoms with van der Waals surface area (Å²) in [6.45, 7) is 2.75. The third-order valence-electron chi connectivity index (χ3n) is 3.44. The molecule has 0 aromatic heterocycles. The standard InChI is InChI=1S/C13H18BrFN2O3S.ClH/c1-8-5-9(3-4-16-8)17-21(18,19)13-7-11(15)10(14)6-12(13)20-2;/h6-9,16-17H,3-5H2,1-2H3;1H. The van der Waals surface area contributed by atoms with Gasteiger partial charge in [0.15, 0.2) is 0 Å². The number of nitrogens with one attached hydrogen (secondary N) is 2. The molecule has 0 spiro atoms. The van der Waals surface area contributed by atoms with Crippen LogP contribution in [0.15, 0.2) is 21.5 Å². The maximum atomic E-state index is 13.7. The molecule has 0 saturated carbocycles. The summed E-state index contributed by atoms with van der Waals surface area (Å²) < 4.78 is 46.4. The van der Waals surface area contributed by atoms with Crippen LogP contribution < -0.4 is 14.8 Å². The Hall–Kier alpha value is -0.410. The third kappa shape index (κ3) is 4.55. The molecule has 126 valence electrons. The lowest BCUT2D eigenvalue weighted by Gasteiger charge is -2.28. The van der Waals surface area contributed by atoms with Crippen molar-refractivity contribution in [3.05, 3.63) is 22.4 Å². The lowest BCUT2D eigenvalue weighted by Crippen LogP contribution is -2.46. The topological polar surface area (TPSA) is 67.4 Å². The van der Waals surface area contributed by atoms with E-state index in [0.29, 0.717) is 12.8 Å². The zero-order valence-corrected chi connectivity index (χ0v) is 15.4. The Morgan fingerprint density at radius 3 is 2.73 bits per heavy atom. The van der Waals surface area contributed by atoms with Crippen LogP contribution in [-0.4, -0.2) is 34.2 Å². The second-order valence-corrected chi connectivity index (χ2v) is 7.65. The smallest absolute Gasteiger partial charge is 0.244 e. The van der Waals surface area contributed by atoms with Gasteiger partial charge in [-0.2, -0.15) is 0 Å². The predicted molar refractivity (Wildman–Crippen MR) is 88.7 cm³/mol. The van der Waals surface area contributed by atoms with Gasteiger partial charge >= 0.3 is 0 Å². The molecule has 1 aliphatic heterocycles. The molecule has 2 rings (SSSR count). The average molecular weight is 418 g/mol. The molecule has 0 aliphatic carbocycles. The normalized spacial score (nSPS) is 22.0. The molecule has 22 heavy (non-hydrogen) atoms. The Morgan fingerprint density at radius 2 is 2.14 bits per heavy atom. The molecule has 9 heteroatoms. The van der Waals surface area contributed by atoms with E-state index in [4.69, 9.17) is 4.74 Å². The van der Waals surface area contributed by atoms with Crippen LogP contribution in [0.5, 0.6) is 5.75 Å². The highest BCUT2D eigenvalue weighted by Crippen LogP contribution is 2.30. The lowest BCUT2D eigenvalue weighted by atomic mass is 10.0. The van der Waals surface area contributed by atoms with Crippen LogP contribution in [0.4, 0.5) is 4.39 Å². The largest absolute Gasteiger partial charge is 0.495 e. The van der Waals surface area contributed by atoms with Gasteiger partial charge in [-0.15, -0.1) is 12.4 Å². The molecule has 0 amide bonds. The molecule has 2 atom stereocenters. The molecular formula is C13H19BrClFN2O3S. The van der Waals surface area contributed by atoms with E-state index < -0.39 is 15.8 Å². The van der Waals surface area contributed by atoms with E-state index in [0.717, 1.165) is 12.6 Å². The van der Waals surface area contributed by atoms with Crippen LogP contribution in [0, 0.1) is 5.82 Å². The minimum absolute atomic E-state index is 0. The van der Waals surface area contributed by atoms with Crippen LogP contribution in [0.1, 0.15) is 19.8 Å². The zero-order valence-electron chi connectivity index (χ0n) is 12.2. The van der Waals surface area contributed by atoms with Crippen LogP contribution in [0.3, 0.4) is 0 Å². The molecule has 0 bridgehead atoms. The minimum atomic E-state index is -3.83.